The number of likely N-dealkylation sites (N-methyl/N-ethyl adjacent to an activating group) is 1. The van der Waals surface area contributed by atoms with Crippen LogP contribution in [0.15, 0.2) is 53.1 Å². The van der Waals surface area contributed by atoms with Gasteiger partial charge in [-0.3, -0.25) is 15.0 Å². The average molecular weight is 372 g/mol. The summed E-state index contributed by atoms with van der Waals surface area (Å²) in [6.07, 6.45) is 0. The molecule has 3 aromatic rings. The van der Waals surface area contributed by atoms with E-state index in [1.54, 1.807) is 24.3 Å². The van der Waals surface area contributed by atoms with Crippen molar-refractivity contribution in [2.75, 3.05) is 20.2 Å². The molecule has 0 aliphatic heterocycles. The molecule has 3 rings (SSSR count). The third-order valence-electron chi connectivity index (χ3n) is 3.75. The highest BCUT2D eigenvalue weighted by atomic mass is 19.1. The standard InChI is InChI=1S/C18H17FN4O4/c1-22(9-10-26-16-4-2-3-14(19)11-16)12-17-20-18(21-27-17)13-5-7-15(8-6-13)23(24)25/h2-8,11H,9-10,12H2,1H3. The van der Waals surface area contributed by atoms with Crippen molar-refractivity contribution in [1.29, 1.82) is 0 Å². The van der Waals surface area contributed by atoms with Gasteiger partial charge >= 0.3 is 0 Å². The highest BCUT2D eigenvalue weighted by Gasteiger charge is 2.12. The summed E-state index contributed by atoms with van der Waals surface area (Å²) in [5.74, 6) is 0.910. The van der Waals surface area contributed by atoms with E-state index in [1.165, 1.54) is 24.3 Å². The van der Waals surface area contributed by atoms with Crippen molar-refractivity contribution in [3.8, 4) is 17.1 Å². The molecule has 0 unspecified atom stereocenters. The van der Waals surface area contributed by atoms with Crippen LogP contribution in [0.3, 0.4) is 0 Å². The number of ether oxygens (including phenoxy) is 1. The number of hydrogen-bond acceptors (Lipinski definition) is 7. The minimum atomic E-state index is -0.466. The van der Waals surface area contributed by atoms with E-state index < -0.39 is 4.92 Å². The van der Waals surface area contributed by atoms with Crippen LogP contribution < -0.4 is 4.74 Å². The number of benzene rings is 2. The lowest BCUT2D eigenvalue weighted by molar-refractivity contribution is -0.384. The Kier molecular flexibility index (Phi) is 5.72. The van der Waals surface area contributed by atoms with Crippen LogP contribution in [0.25, 0.3) is 11.4 Å². The van der Waals surface area contributed by atoms with Crippen LogP contribution in [0, 0.1) is 15.9 Å². The zero-order valence-corrected chi connectivity index (χ0v) is 14.5. The minimum Gasteiger partial charge on any atom is -0.492 e. The van der Waals surface area contributed by atoms with Crippen molar-refractivity contribution in [3.05, 3.63) is 70.4 Å². The SMILES string of the molecule is CN(CCOc1cccc(F)c1)Cc1nc(-c2ccc([N+](=O)[O-])cc2)no1. The van der Waals surface area contributed by atoms with E-state index >= 15 is 0 Å². The van der Waals surface area contributed by atoms with E-state index in [-0.39, 0.29) is 11.5 Å². The molecule has 0 amide bonds. The summed E-state index contributed by atoms with van der Waals surface area (Å²) in [7, 11) is 1.87. The van der Waals surface area contributed by atoms with Crippen molar-refractivity contribution in [1.82, 2.24) is 15.0 Å². The van der Waals surface area contributed by atoms with Crippen LogP contribution in [-0.4, -0.2) is 40.2 Å². The number of hydrogen-bond donors (Lipinski definition) is 0. The summed E-state index contributed by atoms with van der Waals surface area (Å²) < 4.78 is 23.8. The number of nitro benzene ring substituents is 1. The monoisotopic (exact) mass is 372 g/mol. The fourth-order valence-electron chi connectivity index (χ4n) is 2.35. The Labute approximate surface area is 154 Å². The van der Waals surface area contributed by atoms with E-state index in [2.05, 4.69) is 10.1 Å². The second-order valence-electron chi connectivity index (χ2n) is 5.86. The van der Waals surface area contributed by atoms with Gasteiger partial charge in [-0.05, 0) is 31.3 Å². The minimum absolute atomic E-state index is 0.000462. The molecule has 0 bridgehead atoms. The molecule has 0 N–H and O–H groups in total. The van der Waals surface area contributed by atoms with Gasteiger partial charge in [0.05, 0.1) is 11.5 Å². The Balaban J connectivity index is 1.51. The number of nitro groups is 1. The topological polar surface area (TPSA) is 94.5 Å². The van der Waals surface area contributed by atoms with Crippen LogP contribution in [0.5, 0.6) is 5.75 Å². The van der Waals surface area contributed by atoms with Crippen molar-refractivity contribution in [2.24, 2.45) is 0 Å². The predicted molar refractivity (Wildman–Crippen MR) is 94.6 cm³/mol. The maximum absolute atomic E-state index is 13.1. The fourth-order valence-corrected chi connectivity index (χ4v) is 2.35. The molecule has 0 aliphatic carbocycles. The van der Waals surface area contributed by atoms with Crippen molar-refractivity contribution in [2.45, 2.75) is 6.54 Å². The molecular weight excluding hydrogens is 355 g/mol. The van der Waals surface area contributed by atoms with Gasteiger partial charge in [0.25, 0.3) is 5.69 Å². The molecule has 0 aliphatic rings. The molecule has 2 aromatic carbocycles. The summed E-state index contributed by atoms with van der Waals surface area (Å²) in [4.78, 5) is 16.4. The molecule has 0 saturated carbocycles. The number of rotatable bonds is 8. The molecule has 0 fully saturated rings. The molecule has 0 saturated heterocycles. The maximum Gasteiger partial charge on any atom is 0.269 e. The molecule has 0 radical (unpaired) electrons. The Hall–Kier alpha value is -3.33. The summed E-state index contributed by atoms with van der Waals surface area (Å²) in [5.41, 5.74) is 0.633. The number of aromatic nitrogens is 2. The largest absolute Gasteiger partial charge is 0.492 e. The Morgan fingerprint density at radius 3 is 2.74 bits per heavy atom. The van der Waals surface area contributed by atoms with Crippen LogP contribution in [-0.2, 0) is 6.54 Å². The Bertz CT molecular complexity index is 914. The smallest absolute Gasteiger partial charge is 0.269 e. The molecule has 27 heavy (non-hydrogen) atoms. The van der Waals surface area contributed by atoms with Crippen LogP contribution >= 0.6 is 0 Å². The van der Waals surface area contributed by atoms with Gasteiger partial charge in [0, 0.05) is 30.3 Å². The highest BCUT2D eigenvalue weighted by Crippen LogP contribution is 2.20. The van der Waals surface area contributed by atoms with E-state index in [4.69, 9.17) is 9.26 Å². The quantitative estimate of drug-likeness (QED) is 0.442. The molecule has 1 heterocycles. The maximum atomic E-state index is 13.1. The number of halogens is 1. The Morgan fingerprint density at radius 1 is 1.26 bits per heavy atom. The van der Waals surface area contributed by atoms with Gasteiger partial charge in [0.2, 0.25) is 11.7 Å². The summed E-state index contributed by atoms with van der Waals surface area (Å²) in [6, 6.07) is 11.9. The average Bonchev–Trinajstić information content (AvgIpc) is 3.10. The first-order chi connectivity index (χ1) is 13.0. The number of non-ortho nitro benzene ring substituents is 1. The van der Waals surface area contributed by atoms with Gasteiger partial charge in [0.1, 0.15) is 18.2 Å². The van der Waals surface area contributed by atoms with Gasteiger partial charge in [-0.1, -0.05) is 11.2 Å². The van der Waals surface area contributed by atoms with Crippen LogP contribution in [0.1, 0.15) is 5.89 Å². The summed E-state index contributed by atoms with van der Waals surface area (Å²) >= 11 is 0. The predicted octanol–water partition coefficient (Wildman–Crippen LogP) is 3.29. The van der Waals surface area contributed by atoms with Gasteiger partial charge in [-0.15, -0.1) is 0 Å². The van der Waals surface area contributed by atoms with Gasteiger partial charge in [0.15, 0.2) is 0 Å². The summed E-state index contributed by atoms with van der Waals surface area (Å²) in [5, 5.41) is 14.6. The van der Waals surface area contributed by atoms with Crippen LogP contribution in [0.2, 0.25) is 0 Å². The molecule has 1 aromatic heterocycles. The van der Waals surface area contributed by atoms with E-state index in [9.17, 15) is 14.5 Å². The first-order valence-electron chi connectivity index (χ1n) is 8.15. The summed E-state index contributed by atoms with van der Waals surface area (Å²) in [6.45, 7) is 1.36. The molecule has 8 nitrogen and oxygen atoms in total. The zero-order valence-electron chi connectivity index (χ0n) is 14.5. The van der Waals surface area contributed by atoms with Crippen molar-refractivity contribution < 1.29 is 18.6 Å². The highest BCUT2D eigenvalue weighted by molar-refractivity contribution is 5.56. The normalized spacial score (nSPS) is 10.9. The lowest BCUT2D eigenvalue weighted by Gasteiger charge is -2.14. The van der Waals surface area contributed by atoms with Crippen molar-refractivity contribution in [3.63, 3.8) is 0 Å². The van der Waals surface area contributed by atoms with Gasteiger partial charge in [-0.25, -0.2) is 4.39 Å². The van der Waals surface area contributed by atoms with Gasteiger partial charge < -0.3 is 9.26 Å². The first-order valence-corrected chi connectivity index (χ1v) is 8.15. The lowest BCUT2D eigenvalue weighted by atomic mass is 10.2. The molecule has 0 atom stereocenters. The number of nitrogens with zero attached hydrogens (tertiary/aromatic N) is 4. The molecule has 140 valence electrons. The Morgan fingerprint density at radius 2 is 2.04 bits per heavy atom. The lowest BCUT2D eigenvalue weighted by Crippen LogP contribution is -2.24. The van der Waals surface area contributed by atoms with Crippen LogP contribution in [0.4, 0.5) is 10.1 Å². The fraction of sp³-hybridized carbons (Fsp3) is 0.222. The second kappa shape index (κ2) is 8.37. The van der Waals surface area contributed by atoms with Crippen molar-refractivity contribution >= 4 is 5.69 Å². The second-order valence-corrected chi connectivity index (χ2v) is 5.86. The van der Waals surface area contributed by atoms with E-state index in [0.29, 0.717) is 42.7 Å². The molecular formula is C18H17FN4O4. The van der Waals surface area contributed by atoms with Gasteiger partial charge in [-0.2, -0.15) is 4.98 Å². The van der Waals surface area contributed by atoms with E-state index in [1.807, 2.05) is 11.9 Å². The zero-order chi connectivity index (χ0) is 19.2. The third kappa shape index (κ3) is 5.08. The molecule has 9 heteroatoms. The third-order valence-corrected chi connectivity index (χ3v) is 3.75. The molecule has 0 spiro atoms. The first kappa shape index (κ1) is 18.5. The van der Waals surface area contributed by atoms with E-state index in [0.717, 1.165) is 0 Å².